The van der Waals surface area contributed by atoms with Crippen LogP contribution in [0.3, 0.4) is 0 Å². The molecule has 2 aliphatic rings. The first-order valence-electron chi connectivity index (χ1n) is 7.24. The topological polar surface area (TPSA) is 46.6 Å². The van der Waals surface area contributed by atoms with E-state index in [0.717, 1.165) is 6.07 Å². The number of likely N-dealkylation sites (tertiary alicyclic amines) is 1. The Hall–Kier alpha value is -1.50. The van der Waals surface area contributed by atoms with Gasteiger partial charge in [-0.25, -0.2) is 13.6 Å². The molecule has 1 aliphatic carbocycles. The summed E-state index contributed by atoms with van der Waals surface area (Å²) in [6.45, 7) is 4.50. The normalized spacial score (nSPS) is 27.6. The maximum Gasteiger partial charge on any atom is 0.328 e. The molecule has 1 aliphatic heterocycles. The van der Waals surface area contributed by atoms with Crippen molar-refractivity contribution >= 4 is 27.8 Å². The van der Waals surface area contributed by atoms with Gasteiger partial charge in [-0.2, -0.15) is 0 Å². The van der Waals surface area contributed by atoms with Gasteiger partial charge >= 0.3 is 5.97 Å². The van der Waals surface area contributed by atoms with Crippen LogP contribution in [0, 0.1) is 28.9 Å². The third kappa shape index (κ3) is 2.28. The first kappa shape index (κ1) is 16.4. The molecule has 0 unspecified atom stereocenters. The standard InChI is InChI=1S/C16H16BrF2NO3/c1-16(2)8-6-20(13(10(8)16)15(22)23-3)14(21)7-4-5-9(18)12(19)11(7)17/h4-5,8,10,13H,6H2,1-3H3/t8-,10-,13-/m0/s1. The molecule has 4 nitrogen and oxygen atoms in total. The molecule has 0 radical (unpaired) electrons. The van der Waals surface area contributed by atoms with Gasteiger partial charge in [0.05, 0.1) is 17.1 Å². The predicted molar refractivity (Wildman–Crippen MR) is 81.7 cm³/mol. The van der Waals surface area contributed by atoms with Crippen LogP contribution < -0.4 is 0 Å². The zero-order chi connectivity index (χ0) is 17.1. The number of nitrogens with zero attached hydrogens (tertiary/aromatic N) is 1. The number of ether oxygens (including phenoxy) is 1. The minimum absolute atomic E-state index is 0.00286. The van der Waals surface area contributed by atoms with Crippen molar-refractivity contribution in [2.45, 2.75) is 19.9 Å². The van der Waals surface area contributed by atoms with Gasteiger partial charge < -0.3 is 9.64 Å². The van der Waals surface area contributed by atoms with Crippen molar-refractivity contribution in [2.75, 3.05) is 13.7 Å². The summed E-state index contributed by atoms with van der Waals surface area (Å²) in [6.07, 6.45) is 0. The summed E-state index contributed by atoms with van der Waals surface area (Å²) in [5.74, 6) is -2.90. The fourth-order valence-corrected chi connectivity index (χ4v) is 4.22. The highest BCUT2D eigenvalue weighted by Crippen LogP contribution is 2.65. The summed E-state index contributed by atoms with van der Waals surface area (Å²) < 4.78 is 31.5. The van der Waals surface area contributed by atoms with Crippen molar-refractivity contribution in [1.82, 2.24) is 4.90 Å². The number of esters is 1. The second-order valence-corrected chi connectivity index (χ2v) is 7.40. The number of carbonyl (C=O) groups excluding carboxylic acids is 2. The highest BCUT2D eigenvalue weighted by atomic mass is 79.9. The Morgan fingerprint density at radius 2 is 2.00 bits per heavy atom. The average molecular weight is 388 g/mol. The summed E-state index contributed by atoms with van der Waals surface area (Å²) in [4.78, 5) is 26.3. The van der Waals surface area contributed by atoms with Crippen LogP contribution in [0.25, 0.3) is 0 Å². The van der Waals surface area contributed by atoms with Gasteiger partial charge in [0.2, 0.25) is 0 Å². The van der Waals surface area contributed by atoms with E-state index in [2.05, 4.69) is 15.9 Å². The smallest absolute Gasteiger partial charge is 0.328 e. The molecule has 7 heteroatoms. The molecular weight excluding hydrogens is 372 g/mol. The zero-order valence-corrected chi connectivity index (χ0v) is 14.5. The van der Waals surface area contributed by atoms with Gasteiger partial charge in [0.15, 0.2) is 11.6 Å². The van der Waals surface area contributed by atoms with E-state index in [9.17, 15) is 18.4 Å². The van der Waals surface area contributed by atoms with Gasteiger partial charge in [0, 0.05) is 12.5 Å². The first-order valence-corrected chi connectivity index (χ1v) is 8.03. The lowest BCUT2D eigenvalue weighted by Gasteiger charge is -2.29. The number of piperidine rings is 1. The lowest BCUT2D eigenvalue weighted by atomic mass is 10.0. The maximum absolute atomic E-state index is 13.7. The fraction of sp³-hybridized carbons (Fsp3) is 0.500. The molecule has 0 aromatic heterocycles. The van der Waals surface area contributed by atoms with Crippen LogP contribution in [-0.2, 0) is 9.53 Å². The zero-order valence-electron chi connectivity index (χ0n) is 12.9. The van der Waals surface area contributed by atoms with Crippen molar-refractivity contribution in [3.63, 3.8) is 0 Å². The summed E-state index contributed by atoms with van der Waals surface area (Å²) >= 11 is 2.92. The number of hydrogen-bond donors (Lipinski definition) is 0. The Bertz CT molecular complexity index is 707. The molecule has 23 heavy (non-hydrogen) atoms. The quantitative estimate of drug-likeness (QED) is 0.578. The highest BCUT2D eigenvalue weighted by Gasteiger charge is 2.69. The number of methoxy groups -OCH3 is 1. The van der Waals surface area contributed by atoms with E-state index in [1.807, 2.05) is 13.8 Å². The number of rotatable bonds is 2. The highest BCUT2D eigenvalue weighted by molar-refractivity contribution is 9.10. The summed E-state index contributed by atoms with van der Waals surface area (Å²) in [6, 6.07) is 1.43. The monoisotopic (exact) mass is 387 g/mol. The fourth-order valence-electron chi connectivity index (χ4n) is 3.73. The number of fused-ring (bicyclic) bond motifs is 1. The molecule has 3 rings (SSSR count). The van der Waals surface area contributed by atoms with Gasteiger partial charge in [-0.05, 0) is 39.4 Å². The van der Waals surface area contributed by atoms with E-state index < -0.39 is 29.6 Å². The minimum atomic E-state index is -1.12. The van der Waals surface area contributed by atoms with E-state index in [0.29, 0.717) is 6.54 Å². The van der Waals surface area contributed by atoms with Gasteiger partial charge in [-0.1, -0.05) is 13.8 Å². The van der Waals surface area contributed by atoms with Gasteiger partial charge in [0.1, 0.15) is 6.04 Å². The summed E-state index contributed by atoms with van der Waals surface area (Å²) in [7, 11) is 1.28. The van der Waals surface area contributed by atoms with Crippen LogP contribution in [0.4, 0.5) is 8.78 Å². The lowest BCUT2D eigenvalue weighted by Crippen LogP contribution is -2.46. The third-order valence-electron chi connectivity index (χ3n) is 5.18. The van der Waals surface area contributed by atoms with Crippen LogP contribution in [0.15, 0.2) is 16.6 Å². The molecule has 1 heterocycles. The largest absolute Gasteiger partial charge is 0.467 e. The van der Waals surface area contributed by atoms with E-state index in [1.165, 1.54) is 18.1 Å². The molecule has 1 saturated carbocycles. The van der Waals surface area contributed by atoms with Crippen LogP contribution >= 0.6 is 15.9 Å². The van der Waals surface area contributed by atoms with Crippen LogP contribution in [-0.4, -0.2) is 36.5 Å². The molecule has 0 N–H and O–H groups in total. The van der Waals surface area contributed by atoms with Crippen molar-refractivity contribution in [1.29, 1.82) is 0 Å². The molecule has 1 aromatic carbocycles. The first-order chi connectivity index (χ1) is 10.7. The van der Waals surface area contributed by atoms with Crippen molar-refractivity contribution < 1.29 is 23.1 Å². The Labute approximate surface area is 140 Å². The maximum atomic E-state index is 13.7. The Balaban J connectivity index is 1.94. The van der Waals surface area contributed by atoms with E-state index in [1.54, 1.807) is 0 Å². The third-order valence-corrected chi connectivity index (χ3v) is 5.95. The van der Waals surface area contributed by atoms with E-state index >= 15 is 0 Å². The van der Waals surface area contributed by atoms with E-state index in [4.69, 9.17) is 4.74 Å². The number of amides is 1. The molecule has 1 aromatic rings. The second kappa shape index (κ2) is 5.26. The van der Waals surface area contributed by atoms with Crippen LogP contribution in [0.1, 0.15) is 24.2 Å². The van der Waals surface area contributed by atoms with Gasteiger partial charge in [-0.15, -0.1) is 0 Å². The SMILES string of the molecule is COC(=O)[C@@H]1[C@@H]2[C@H](CN1C(=O)c1ccc(F)c(F)c1Br)C2(C)C. The van der Waals surface area contributed by atoms with Crippen LogP contribution in [0.5, 0.6) is 0 Å². The lowest BCUT2D eigenvalue weighted by molar-refractivity contribution is -0.146. The molecular formula is C16H16BrF2NO3. The van der Waals surface area contributed by atoms with E-state index in [-0.39, 0.29) is 27.3 Å². The molecule has 1 amide bonds. The molecule has 0 spiro atoms. The second-order valence-electron chi connectivity index (χ2n) is 6.60. The Kier molecular flexibility index (Phi) is 3.74. The van der Waals surface area contributed by atoms with Crippen molar-refractivity contribution in [3.05, 3.63) is 33.8 Å². The van der Waals surface area contributed by atoms with Gasteiger partial charge in [0.25, 0.3) is 5.91 Å². The van der Waals surface area contributed by atoms with Crippen molar-refractivity contribution in [2.24, 2.45) is 17.3 Å². The minimum Gasteiger partial charge on any atom is -0.467 e. The molecule has 1 saturated heterocycles. The molecule has 2 fully saturated rings. The predicted octanol–water partition coefficient (Wildman–Crippen LogP) is 3.00. The molecule has 124 valence electrons. The Morgan fingerprint density at radius 3 is 2.61 bits per heavy atom. The number of benzene rings is 1. The van der Waals surface area contributed by atoms with Crippen LogP contribution in [0.2, 0.25) is 0 Å². The summed E-state index contributed by atoms with van der Waals surface area (Å²) in [5, 5.41) is 0. The van der Waals surface area contributed by atoms with Crippen molar-refractivity contribution in [3.8, 4) is 0 Å². The Morgan fingerprint density at radius 1 is 1.35 bits per heavy atom. The number of hydrogen-bond acceptors (Lipinski definition) is 3. The average Bonchev–Trinajstić information content (AvgIpc) is 2.89. The number of carbonyl (C=O) groups is 2. The molecule has 3 atom stereocenters. The molecule has 0 bridgehead atoms. The number of halogens is 3. The summed E-state index contributed by atoms with van der Waals surface area (Å²) in [5.41, 5.74) is -0.0297. The van der Waals surface area contributed by atoms with Gasteiger partial charge in [-0.3, -0.25) is 4.79 Å².